The second kappa shape index (κ2) is 10.7. The number of benzene rings is 2. The standard InChI is InChI=1S/C25H28ClN5O3S2/c1-5-7-14-30(6-2)36(33,34)19-11-9-18(10-12-19)24(32)27-21-15-17(4)29-31(21)25-28-22-16(3)8-13-20(26)23(22)35-25/h8-13,15H,5-7,14H2,1-4H3,(H,27,32). The molecule has 0 unspecified atom stereocenters. The summed E-state index contributed by atoms with van der Waals surface area (Å²) in [6.45, 7) is 8.50. The average Bonchev–Trinajstić information content (AvgIpc) is 3.46. The van der Waals surface area contributed by atoms with Crippen LogP contribution in [0.1, 0.15) is 48.3 Å². The molecule has 2 aromatic carbocycles. The zero-order valence-corrected chi connectivity index (χ0v) is 23.0. The molecule has 0 fully saturated rings. The Morgan fingerprint density at radius 3 is 2.50 bits per heavy atom. The van der Waals surface area contributed by atoms with Crippen LogP contribution < -0.4 is 5.32 Å². The molecule has 1 N–H and O–H groups in total. The van der Waals surface area contributed by atoms with Gasteiger partial charge in [0.2, 0.25) is 15.2 Å². The normalized spacial score (nSPS) is 11.9. The van der Waals surface area contributed by atoms with E-state index in [1.165, 1.54) is 39.9 Å². The predicted molar refractivity (Wildman–Crippen MR) is 145 cm³/mol. The number of carbonyl (C=O) groups excluding carboxylic acids is 1. The summed E-state index contributed by atoms with van der Waals surface area (Å²) in [4.78, 5) is 17.9. The number of hydrogen-bond donors (Lipinski definition) is 1. The van der Waals surface area contributed by atoms with Crippen molar-refractivity contribution in [3.63, 3.8) is 0 Å². The number of rotatable bonds is 9. The van der Waals surface area contributed by atoms with Gasteiger partial charge in [0.15, 0.2) is 0 Å². The minimum absolute atomic E-state index is 0.166. The first-order chi connectivity index (χ1) is 17.1. The Labute approximate surface area is 220 Å². The van der Waals surface area contributed by atoms with Crippen molar-refractivity contribution in [2.75, 3.05) is 18.4 Å². The topological polar surface area (TPSA) is 97.2 Å². The molecule has 0 saturated heterocycles. The molecular weight excluding hydrogens is 518 g/mol. The van der Waals surface area contributed by atoms with Gasteiger partial charge in [0, 0.05) is 24.7 Å². The third-order valence-electron chi connectivity index (χ3n) is 5.81. The lowest BCUT2D eigenvalue weighted by molar-refractivity contribution is 0.102. The minimum atomic E-state index is -3.61. The quantitative estimate of drug-likeness (QED) is 0.286. The van der Waals surface area contributed by atoms with E-state index in [0.29, 0.717) is 40.3 Å². The van der Waals surface area contributed by atoms with Crippen molar-refractivity contribution in [1.82, 2.24) is 19.1 Å². The summed E-state index contributed by atoms with van der Waals surface area (Å²) in [5, 5.41) is 8.57. The monoisotopic (exact) mass is 545 g/mol. The van der Waals surface area contributed by atoms with Gasteiger partial charge in [-0.25, -0.2) is 13.4 Å². The molecule has 0 aliphatic heterocycles. The Kier molecular flexibility index (Phi) is 7.79. The van der Waals surface area contributed by atoms with Crippen molar-refractivity contribution in [2.24, 2.45) is 0 Å². The molecular formula is C25H28ClN5O3S2. The van der Waals surface area contributed by atoms with Crippen molar-refractivity contribution in [1.29, 1.82) is 0 Å². The van der Waals surface area contributed by atoms with Crippen LogP contribution in [0.3, 0.4) is 0 Å². The number of amides is 1. The van der Waals surface area contributed by atoms with Gasteiger partial charge < -0.3 is 5.32 Å². The van der Waals surface area contributed by atoms with Crippen molar-refractivity contribution < 1.29 is 13.2 Å². The van der Waals surface area contributed by atoms with Gasteiger partial charge in [-0.15, -0.1) is 0 Å². The van der Waals surface area contributed by atoms with Crippen LogP contribution in [0.4, 0.5) is 5.82 Å². The number of thiazole rings is 1. The van der Waals surface area contributed by atoms with Crippen molar-refractivity contribution >= 4 is 54.9 Å². The summed E-state index contributed by atoms with van der Waals surface area (Å²) in [6.07, 6.45) is 1.70. The first-order valence-corrected chi connectivity index (χ1v) is 14.3. The molecule has 0 radical (unpaired) electrons. The number of anilines is 1. The van der Waals surface area contributed by atoms with Crippen LogP contribution >= 0.6 is 22.9 Å². The summed E-state index contributed by atoms with van der Waals surface area (Å²) in [6, 6.07) is 11.5. The van der Waals surface area contributed by atoms with Crippen molar-refractivity contribution in [2.45, 2.75) is 45.4 Å². The Bertz CT molecular complexity index is 1470. The summed E-state index contributed by atoms with van der Waals surface area (Å²) in [5.41, 5.74) is 2.84. The highest BCUT2D eigenvalue weighted by Gasteiger charge is 2.23. The van der Waals surface area contributed by atoms with E-state index in [4.69, 9.17) is 16.6 Å². The first-order valence-electron chi connectivity index (χ1n) is 11.7. The molecule has 0 spiro atoms. The number of carbonyl (C=O) groups is 1. The van der Waals surface area contributed by atoms with Crippen LogP contribution in [0.2, 0.25) is 5.02 Å². The van der Waals surface area contributed by atoms with Gasteiger partial charge in [-0.1, -0.05) is 49.3 Å². The maximum absolute atomic E-state index is 13.0. The van der Waals surface area contributed by atoms with Crippen LogP contribution in [-0.2, 0) is 10.0 Å². The van der Waals surface area contributed by atoms with Gasteiger partial charge in [0.1, 0.15) is 5.82 Å². The first kappa shape index (κ1) is 26.3. The third kappa shape index (κ3) is 5.17. The fourth-order valence-electron chi connectivity index (χ4n) is 3.81. The zero-order chi connectivity index (χ0) is 26.0. The molecule has 2 heterocycles. The number of unbranched alkanes of at least 4 members (excludes halogenated alkanes) is 1. The van der Waals surface area contributed by atoms with E-state index in [-0.39, 0.29) is 10.8 Å². The molecule has 0 aliphatic rings. The van der Waals surface area contributed by atoms with Crippen molar-refractivity contribution in [3.05, 3.63) is 64.3 Å². The van der Waals surface area contributed by atoms with Crippen LogP contribution in [0.15, 0.2) is 47.4 Å². The average molecular weight is 546 g/mol. The third-order valence-corrected chi connectivity index (χ3v) is 9.29. The maximum atomic E-state index is 13.0. The number of sulfonamides is 1. The number of nitrogens with one attached hydrogen (secondary N) is 1. The van der Waals surface area contributed by atoms with E-state index >= 15 is 0 Å². The minimum Gasteiger partial charge on any atom is -0.306 e. The Hall–Kier alpha value is -2.79. The number of aromatic nitrogens is 3. The molecule has 8 nitrogen and oxygen atoms in total. The molecule has 11 heteroatoms. The summed E-state index contributed by atoms with van der Waals surface area (Å²) < 4.78 is 29.8. The van der Waals surface area contributed by atoms with Gasteiger partial charge >= 0.3 is 0 Å². The molecule has 0 aliphatic carbocycles. The number of aryl methyl sites for hydroxylation is 2. The fraction of sp³-hybridized carbons (Fsp3) is 0.320. The predicted octanol–water partition coefficient (Wildman–Crippen LogP) is 5.82. The van der Waals surface area contributed by atoms with Crippen LogP contribution in [0.5, 0.6) is 0 Å². The second-order valence-electron chi connectivity index (χ2n) is 8.45. The molecule has 190 valence electrons. The lowest BCUT2D eigenvalue weighted by Crippen LogP contribution is -2.31. The van der Waals surface area contributed by atoms with E-state index in [2.05, 4.69) is 10.4 Å². The summed E-state index contributed by atoms with van der Waals surface area (Å²) >= 11 is 7.75. The highest BCUT2D eigenvalue weighted by atomic mass is 35.5. The van der Waals surface area contributed by atoms with E-state index in [1.54, 1.807) is 10.7 Å². The molecule has 0 saturated carbocycles. The van der Waals surface area contributed by atoms with Gasteiger partial charge in [0.05, 0.1) is 25.8 Å². The largest absolute Gasteiger partial charge is 0.306 e. The molecule has 0 bridgehead atoms. The zero-order valence-electron chi connectivity index (χ0n) is 20.6. The van der Waals surface area contributed by atoms with Crippen LogP contribution in [0.25, 0.3) is 15.3 Å². The molecule has 4 rings (SSSR count). The molecule has 2 aromatic heterocycles. The van der Waals surface area contributed by atoms with E-state index in [1.807, 2.05) is 39.8 Å². The molecule has 4 aromatic rings. The smallest absolute Gasteiger partial charge is 0.256 e. The number of halogens is 1. The lowest BCUT2D eigenvalue weighted by atomic mass is 10.2. The SMILES string of the molecule is CCCCN(CC)S(=O)(=O)c1ccc(C(=O)Nc2cc(C)nn2-c2nc3c(C)ccc(Cl)c3s2)cc1. The van der Waals surface area contributed by atoms with Gasteiger partial charge in [-0.2, -0.15) is 14.1 Å². The van der Waals surface area contributed by atoms with Crippen LogP contribution in [0, 0.1) is 13.8 Å². The van der Waals surface area contributed by atoms with E-state index in [9.17, 15) is 13.2 Å². The highest BCUT2D eigenvalue weighted by Crippen LogP contribution is 2.34. The van der Waals surface area contributed by atoms with E-state index < -0.39 is 10.0 Å². The Morgan fingerprint density at radius 2 is 1.86 bits per heavy atom. The lowest BCUT2D eigenvalue weighted by Gasteiger charge is -2.20. The van der Waals surface area contributed by atoms with Gasteiger partial charge in [-0.05, 0) is 56.2 Å². The molecule has 1 amide bonds. The Balaban J connectivity index is 1.58. The fourth-order valence-corrected chi connectivity index (χ4v) is 6.58. The second-order valence-corrected chi connectivity index (χ2v) is 11.8. The van der Waals surface area contributed by atoms with Gasteiger partial charge in [-0.3, -0.25) is 4.79 Å². The summed E-state index contributed by atoms with van der Waals surface area (Å²) in [7, 11) is -3.61. The van der Waals surface area contributed by atoms with Gasteiger partial charge in [0.25, 0.3) is 5.91 Å². The Morgan fingerprint density at radius 1 is 1.14 bits per heavy atom. The number of nitrogens with zero attached hydrogens (tertiary/aromatic N) is 4. The summed E-state index contributed by atoms with van der Waals surface area (Å²) in [5.74, 6) is 0.0764. The molecule has 36 heavy (non-hydrogen) atoms. The highest BCUT2D eigenvalue weighted by molar-refractivity contribution is 7.89. The number of fused-ring (bicyclic) bond motifs is 1. The molecule has 0 atom stereocenters. The van der Waals surface area contributed by atoms with E-state index in [0.717, 1.165) is 28.6 Å². The number of hydrogen-bond acceptors (Lipinski definition) is 6. The van der Waals surface area contributed by atoms with Crippen molar-refractivity contribution in [3.8, 4) is 5.13 Å². The maximum Gasteiger partial charge on any atom is 0.256 e. The van der Waals surface area contributed by atoms with Crippen LogP contribution in [-0.4, -0.2) is 46.5 Å².